The van der Waals surface area contributed by atoms with E-state index in [0.29, 0.717) is 11.6 Å². The van der Waals surface area contributed by atoms with E-state index < -0.39 is 0 Å². The lowest BCUT2D eigenvalue weighted by Gasteiger charge is -2.20. The Morgan fingerprint density at radius 1 is 1.17 bits per heavy atom. The summed E-state index contributed by atoms with van der Waals surface area (Å²) >= 11 is 0. The lowest BCUT2D eigenvalue weighted by molar-refractivity contribution is 0.415. The number of nitrogens with one attached hydrogen (secondary N) is 1. The monoisotopic (exact) mass is 309 g/mol. The van der Waals surface area contributed by atoms with Crippen LogP contribution in [0.2, 0.25) is 0 Å². The molecular formula is C15H15N7O. The Labute approximate surface area is 133 Å². The molecule has 2 aromatic rings. The average molecular weight is 309 g/mol. The van der Waals surface area contributed by atoms with Crippen LogP contribution in [-0.2, 0) is 0 Å². The van der Waals surface area contributed by atoms with Crippen molar-refractivity contribution in [1.82, 2.24) is 9.97 Å². The van der Waals surface area contributed by atoms with E-state index in [0.717, 1.165) is 11.4 Å². The molecule has 8 nitrogen and oxygen atoms in total. The van der Waals surface area contributed by atoms with E-state index >= 15 is 0 Å². The number of hydrogen-bond acceptors (Lipinski definition) is 8. The van der Waals surface area contributed by atoms with Gasteiger partial charge in [-0.25, -0.2) is 9.97 Å². The molecule has 0 saturated carbocycles. The van der Waals surface area contributed by atoms with Gasteiger partial charge < -0.3 is 20.7 Å². The molecule has 0 aliphatic heterocycles. The van der Waals surface area contributed by atoms with E-state index in [1.807, 2.05) is 24.3 Å². The van der Waals surface area contributed by atoms with Gasteiger partial charge in [0.25, 0.3) is 0 Å². The van der Waals surface area contributed by atoms with Gasteiger partial charge >= 0.3 is 0 Å². The van der Waals surface area contributed by atoms with Crippen molar-refractivity contribution in [1.29, 1.82) is 10.5 Å². The third-order valence-electron chi connectivity index (χ3n) is 3.04. The standard InChI is InChI=1S/C15H15N7O/c1-23-12-4-2-11(3-5-12)21-14-13(18)15(20-10-19-14)22(8-6-16)9-7-17/h2-5,10H,8-9,18H2,1H3,(H,19,20,21). The van der Waals surface area contributed by atoms with E-state index in [1.165, 1.54) is 11.2 Å². The number of ether oxygens (including phenoxy) is 1. The normalized spacial score (nSPS) is 9.52. The highest BCUT2D eigenvalue weighted by atomic mass is 16.5. The minimum atomic E-state index is 0.0107. The van der Waals surface area contributed by atoms with Crippen molar-refractivity contribution < 1.29 is 4.74 Å². The number of aromatic nitrogens is 2. The van der Waals surface area contributed by atoms with Gasteiger partial charge in [-0.15, -0.1) is 0 Å². The molecule has 0 bridgehead atoms. The van der Waals surface area contributed by atoms with Crippen LogP contribution >= 0.6 is 0 Å². The van der Waals surface area contributed by atoms with Gasteiger partial charge in [-0.1, -0.05) is 0 Å². The summed E-state index contributed by atoms with van der Waals surface area (Å²) in [5, 5.41) is 20.8. The smallest absolute Gasteiger partial charge is 0.159 e. The Morgan fingerprint density at radius 2 is 1.83 bits per heavy atom. The quantitative estimate of drug-likeness (QED) is 0.772. The van der Waals surface area contributed by atoms with Crippen molar-refractivity contribution in [2.24, 2.45) is 0 Å². The van der Waals surface area contributed by atoms with Gasteiger partial charge in [-0.2, -0.15) is 10.5 Å². The van der Waals surface area contributed by atoms with Crippen LogP contribution in [0.3, 0.4) is 0 Å². The molecule has 3 N–H and O–H groups in total. The average Bonchev–Trinajstić information content (AvgIpc) is 2.57. The van der Waals surface area contributed by atoms with E-state index in [2.05, 4.69) is 15.3 Å². The maximum atomic E-state index is 8.86. The molecule has 0 unspecified atom stereocenters. The van der Waals surface area contributed by atoms with Gasteiger partial charge in [0.15, 0.2) is 11.6 Å². The van der Waals surface area contributed by atoms with Crippen LogP contribution in [-0.4, -0.2) is 30.2 Å². The molecule has 0 atom stereocenters. The Hall–Kier alpha value is -3.52. The first-order chi connectivity index (χ1) is 11.2. The fraction of sp³-hybridized carbons (Fsp3) is 0.200. The van der Waals surface area contributed by atoms with Gasteiger partial charge in [0.1, 0.15) is 30.9 Å². The molecule has 1 aromatic carbocycles. The summed E-state index contributed by atoms with van der Waals surface area (Å²) < 4.78 is 5.10. The van der Waals surface area contributed by atoms with E-state index in [4.69, 9.17) is 21.0 Å². The van der Waals surface area contributed by atoms with Gasteiger partial charge in [-0.05, 0) is 24.3 Å². The number of methoxy groups -OCH3 is 1. The molecule has 116 valence electrons. The summed E-state index contributed by atoms with van der Waals surface area (Å²) in [7, 11) is 1.59. The Bertz CT molecular complexity index is 730. The van der Waals surface area contributed by atoms with Crippen LogP contribution < -0.4 is 20.7 Å². The number of hydrogen-bond donors (Lipinski definition) is 2. The molecule has 2 rings (SSSR count). The number of nitrogen functional groups attached to an aromatic ring is 1. The SMILES string of the molecule is COc1ccc(Nc2ncnc(N(CC#N)CC#N)c2N)cc1. The molecule has 1 heterocycles. The fourth-order valence-corrected chi connectivity index (χ4v) is 1.93. The van der Waals surface area contributed by atoms with Crippen LogP contribution in [0.5, 0.6) is 5.75 Å². The Morgan fingerprint density at radius 3 is 2.39 bits per heavy atom. The number of rotatable bonds is 6. The summed E-state index contributed by atoms with van der Waals surface area (Å²) in [6.45, 7) is 0.0213. The van der Waals surface area contributed by atoms with Crippen LogP contribution in [0.4, 0.5) is 23.0 Å². The highest BCUT2D eigenvalue weighted by Crippen LogP contribution is 2.28. The van der Waals surface area contributed by atoms with Gasteiger partial charge in [0.2, 0.25) is 0 Å². The first kappa shape index (κ1) is 15.9. The highest BCUT2D eigenvalue weighted by molar-refractivity contribution is 5.78. The lowest BCUT2D eigenvalue weighted by atomic mass is 10.3. The van der Waals surface area contributed by atoms with E-state index in [-0.39, 0.29) is 18.8 Å². The molecule has 1 aromatic heterocycles. The Kier molecular flexibility index (Phi) is 5.16. The minimum absolute atomic E-state index is 0.0107. The van der Waals surface area contributed by atoms with Gasteiger partial charge in [0, 0.05) is 5.69 Å². The van der Waals surface area contributed by atoms with Crippen molar-refractivity contribution >= 4 is 23.0 Å². The zero-order chi connectivity index (χ0) is 16.7. The number of anilines is 4. The van der Waals surface area contributed by atoms with Gasteiger partial charge in [-0.3, -0.25) is 0 Å². The zero-order valence-corrected chi connectivity index (χ0v) is 12.5. The second-order valence-electron chi connectivity index (χ2n) is 4.49. The highest BCUT2D eigenvalue weighted by Gasteiger charge is 2.15. The molecule has 0 radical (unpaired) electrons. The summed E-state index contributed by atoms with van der Waals surface area (Å²) in [5.41, 5.74) is 7.12. The molecule has 0 aliphatic carbocycles. The fourth-order valence-electron chi connectivity index (χ4n) is 1.93. The summed E-state index contributed by atoms with van der Waals surface area (Å²) in [5.74, 6) is 1.49. The minimum Gasteiger partial charge on any atom is -0.497 e. The molecular weight excluding hydrogens is 294 g/mol. The second-order valence-corrected chi connectivity index (χ2v) is 4.49. The molecule has 0 amide bonds. The molecule has 0 saturated heterocycles. The third kappa shape index (κ3) is 3.77. The largest absolute Gasteiger partial charge is 0.497 e. The predicted octanol–water partition coefficient (Wildman–Crippen LogP) is 1.66. The third-order valence-corrected chi connectivity index (χ3v) is 3.04. The van der Waals surface area contributed by atoms with Crippen LogP contribution in [0, 0.1) is 22.7 Å². The maximum absolute atomic E-state index is 8.86. The topological polar surface area (TPSA) is 124 Å². The van der Waals surface area contributed by atoms with Crippen molar-refractivity contribution in [3.63, 3.8) is 0 Å². The number of nitriles is 2. The van der Waals surface area contributed by atoms with E-state index in [9.17, 15) is 0 Å². The van der Waals surface area contributed by atoms with Crippen molar-refractivity contribution in [3.8, 4) is 17.9 Å². The molecule has 0 spiro atoms. The zero-order valence-electron chi connectivity index (χ0n) is 12.5. The van der Waals surface area contributed by atoms with Crippen LogP contribution in [0.1, 0.15) is 0 Å². The maximum Gasteiger partial charge on any atom is 0.159 e. The van der Waals surface area contributed by atoms with Crippen molar-refractivity contribution in [3.05, 3.63) is 30.6 Å². The summed E-state index contributed by atoms with van der Waals surface area (Å²) in [6, 6.07) is 11.2. The first-order valence-electron chi connectivity index (χ1n) is 6.70. The number of benzene rings is 1. The van der Waals surface area contributed by atoms with Crippen LogP contribution in [0.25, 0.3) is 0 Å². The second kappa shape index (κ2) is 7.48. The molecule has 23 heavy (non-hydrogen) atoms. The molecule has 0 aliphatic rings. The number of nitrogens with two attached hydrogens (primary N) is 1. The van der Waals surface area contributed by atoms with Gasteiger partial charge in [0.05, 0.1) is 19.2 Å². The molecule has 8 heteroatoms. The Balaban J connectivity index is 2.28. The lowest BCUT2D eigenvalue weighted by Crippen LogP contribution is -2.26. The van der Waals surface area contributed by atoms with Crippen molar-refractivity contribution in [2.45, 2.75) is 0 Å². The van der Waals surface area contributed by atoms with E-state index in [1.54, 1.807) is 19.2 Å². The first-order valence-corrected chi connectivity index (χ1v) is 6.70. The summed E-state index contributed by atoms with van der Waals surface area (Å²) in [4.78, 5) is 9.66. The van der Waals surface area contributed by atoms with Crippen molar-refractivity contribution in [2.75, 3.05) is 36.1 Å². The van der Waals surface area contributed by atoms with Crippen LogP contribution in [0.15, 0.2) is 30.6 Å². The molecule has 0 fully saturated rings. The number of nitrogens with zero attached hydrogens (tertiary/aromatic N) is 5. The summed E-state index contributed by atoms with van der Waals surface area (Å²) in [6.07, 6.45) is 1.33. The predicted molar refractivity (Wildman–Crippen MR) is 86.2 cm³/mol.